The zero-order valence-corrected chi connectivity index (χ0v) is 86.8. The van der Waals surface area contributed by atoms with E-state index in [2.05, 4.69) is 172 Å². The van der Waals surface area contributed by atoms with Gasteiger partial charge >= 0.3 is 15.4 Å². The van der Waals surface area contributed by atoms with Crippen molar-refractivity contribution in [1.82, 2.24) is 78.1 Å². The molecule has 2 amide bonds. The predicted octanol–water partition coefficient (Wildman–Crippen LogP) is 14.8. The Kier molecular flexibility index (Phi) is 33.0. The van der Waals surface area contributed by atoms with E-state index in [4.69, 9.17) is 62.0 Å². The summed E-state index contributed by atoms with van der Waals surface area (Å²) in [7, 11) is -10.5. The molecule has 0 spiro atoms. The maximum atomic E-state index is 17.3. The summed E-state index contributed by atoms with van der Waals surface area (Å²) in [5.74, 6) is 12.0. The van der Waals surface area contributed by atoms with E-state index in [1.165, 1.54) is 78.7 Å². The van der Waals surface area contributed by atoms with Gasteiger partial charge in [0, 0.05) is 36.8 Å². The van der Waals surface area contributed by atoms with Gasteiger partial charge in [0.2, 0.25) is 0 Å². The van der Waals surface area contributed by atoms with E-state index >= 15 is 17.6 Å². The number of carbonyl (C=O) groups excluding carboxylic acids is 2. The minimum atomic E-state index is -4.35. The molecule has 17 atom stereocenters. The summed E-state index contributed by atoms with van der Waals surface area (Å²) >= 11 is 5.59. The summed E-state index contributed by atoms with van der Waals surface area (Å²) in [6, 6.07) is 17.3. The molecule has 135 heavy (non-hydrogen) atoms. The Hall–Kier alpha value is -8.17. The standard InChI is InChI=1S/C44H58F2N9O8PSSi2.C44H58F2N9O8PSi2.H2O.H2S/c1-43(2,3)66(7,8)59-22-30-35-31(45)41(61-30)54-25-51-33-28(47-23-48-37(33)54)19-15-12-16-20-53(40(56)27-17-13-11-14-18-27)38-34-39(50-24-49-38)55(26-52-34)42-32(46)36(63-67(9,10)44(4,5)6)29(60-42)21-58-64(57,65)62-35;1-43(2,3)65(7,8)59-22-30-35(62-64-58)31(45)41(61-30)54-25-51-33-28(47-23-48-37(33)54)19-15-12-16-20-53(40(57)27-17-13-11-14-18-27)38-34-39(50-24-49-38)55(26-52-34)42-32(46)36(29(21-56)60-42)63-66(9,10)44(4,5)6;;/h11,13-14,17-18,23-26,29-32,35-36,41-42H,15,19-22H2,1-10H3,(H,57,65);11,13-14,17-18,23-26,29-32,35-36,41-42,56H,15,19-22H2,1-10H3;2*1H2/t29-,30-,31-,32-,35-,36-,41-,42?,64?;29-,30-,31-,32-,35-,36-,41-,42?;;/m11../s1. The molecule has 0 radical (unpaired) electrons. The highest BCUT2D eigenvalue weighted by Crippen LogP contribution is 2.53. The lowest BCUT2D eigenvalue weighted by molar-refractivity contribution is -0.0502. The van der Waals surface area contributed by atoms with Gasteiger partial charge in [0.1, 0.15) is 85.2 Å². The van der Waals surface area contributed by atoms with Crippen LogP contribution < -0.4 is 9.80 Å². The molecular formula is C88H120F4N18O17P2S2Si4. The van der Waals surface area contributed by atoms with Gasteiger partial charge in [-0.1, -0.05) is 131 Å². The number of aliphatic hydroxyl groups is 1. The first-order chi connectivity index (χ1) is 62.7. The lowest BCUT2D eigenvalue weighted by Crippen LogP contribution is -2.49. The van der Waals surface area contributed by atoms with Crippen molar-refractivity contribution in [3.05, 3.63) is 134 Å². The molecule has 13 heterocycles. The maximum absolute atomic E-state index is 17.3. The van der Waals surface area contributed by atoms with Crippen LogP contribution in [0.2, 0.25) is 72.5 Å². The number of hydrogen-bond acceptors (Lipinski definition) is 28. The Morgan fingerprint density at radius 1 is 0.563 bits per heavy atom. The average Bonchev–Trinajstić information content (AvgIpc) is 1.67. The van der Waals surface area contributed by atoms with Crippen LogP contribution in [-0.4, -0.2) is 252 Å². The first-order valence-electron chi connectivity index (χ1n) is 44.1. The van der Waals surface area contributed by atoms with Gasteiger partial charge in [-0.25, -0.2) is 81.9 Å². The quantitative estimate of drug-likeness (QED) is 0.0292. The van der Waals surface area contributed by atoms with E-state index in [1.54, 1.807) is 60.7 Å². The van der Waals surface area contributed by atoms with Crippen molar-refractivity contribution in [3.63, 3.8) is 0 Å². The zero-order valence-electron chi connectivity index (χ0n) is 79.2. The van der Waals surface area contributed by atoms with Crippen molar-refractivity contribution in [3.8, 4) is 23.7 Å². The Bertz CT molecular complexity index is 6040. The molecule has 0 aliphatic carbocycles. The third-order valence-corrected chi connectivity index (χ3v) is 46.6. The van der Waals surface area contributed by atoms with Crippen LogP contribution >= 0.6 is 28.9 Å². The fraction of sp³-hybridized carbons (Fsp3) is 0.568. The molecule has 730 valence electrons. The second-order valence-electron chi connectivity index (χ2n) is 39.6. The molecule has 5 aliphatic heterocycles. The molecule has 15 rings (SSSR count). The normalized spacial score (nSPS) is 25.6. The number of anilines is 2. The lowest BCUT2D eigenvalue weighted by Gasteiger charge is -2.39. The third-order valence-electron chi connectivity index (χ3n) is 26.8. The highest BCUT2D eigenvalue weighted by Gasteiger charge is 2.57. The minimum Gasteiger partial charge on any atom is -0.414 e. The van der Waals surface area contributed by atoms with Crippen LogP contribution in [0, 0.1) is 23.7 Å². The van der Waals surface area contributed by atoms with Gasteiger partial charge in [0.15, 0.2) is 128 Å². The van der Waals surface area contributed by atoms with Crippen LogP contribution in [0.15, 0.2) is 111 Å². The number of aliphatic hydroxyl groups excluding tert-OH is 1. The van der Waals surface area contributed by atoms with E-state index in [9.17, 15) is 24.2 Å². The van der Waals surface area contributed by atoms with Crippen molar-refractivity contribution in [2.75, 3.05) is 49.3 Å². The number of amides is 2. The number of hydrogen-bond donors (Lipinski definition) is 2. The predicted molar refractivity (Wildman–Crippen MR) is 516 cm³/mol. The topological polar surface area (TPSA) is 406 Å². The van der Waals surface area contributed by atoms with Gasteiger partial charge in [0.25, 0.3) is 11.8 Å². The van der Waals surface area contributed by atoms with Crippen LogP contribution in [0.1, 0.15) is 153 Å². The largest absolute Gasteiger partial charge is 0.414 e. The lowest BCUT2D eigenvalue weighted by atomic mass is 10.1. The number of imidazole rings is 4. The van der Waals surface area contributed by atoms with E-state index in [0.717, 1.165) is 0 Å². The molecule has 2 aromatic carbocycles. The van der Waals surface area contributed by atoms with Crippen LogP contribution in [0.25, 0.3) is 44.7 Å². The number of nitrogens with zero attached hydrogens (tertiary/aromatic N) is 18. The van der Waals surface area contributed by atoms with Crippen LogP contribution in [0.4, 0.5) is 29.2 Å². The smallest absolute Gasteiger partial charge is 0.327 e. The number of ether oxygens (including phenoxy) is 4. The highest BCUT2D eigenvalue weighted by molar-refractivity contribution is 8.07. The molecule has 8 aromatic heterocycles. The second-order valence-corrected chi connectivity index (χ2v) is 61.9. The Morgan fingerprint density at radius 3 is 1.61 bits per heavy atom. The van der Waals surface area contributed by atoms with Gasteiger partial charge in [-0.3, -0.25) is 46.7 Å². The van der Waals surface area contributed by atoms with Crippen molar-refractivity contribution < 1.29 is 97.4 Å². The summed E-state index contributed by atoms with van der Waals surface area (Å²) < 4.78 is 153. The monoisotopic (exact) mass is 2010 g/mol. The Balaban J connectivity index is 0.000000239. The number of fused-ring (bicyclic) bond motifs is 8. The highest BCUT2D eigenvalue weighted by atomic mass is 32.5. The molecule has 47 heteroatoms. The van der Waals surface area contributed by atoms with Crippen LogP contribution in [0.5, 0.6) is 0 Å². The summed E-state index contributed by atoms with van der Waals surface area (Å²) in [5, 5.41) is 9.40. The summed E-state index contributed by atoms with van der Waals surface area (Å²) in [4.78, 5) is 96.9. The molecule has 5 aliphatic rings. The first kappa shape index (κ1) is 106. The molecule has 12 bridgehead atoms. The molecule has 4 saturated heterocycles. The van der Waals surface area contributed by atoms with Gasteiger partial charge in [0.05, 0.1) is 76.2 Å². The molecule has 4 N–H and O–H groups in total. The number of carbonyl (C=O) groups is 2. The SMILES string of the molecule is CC(C)(C)[Si](C)(C)OC[C@H]1O[C@@H](n2cnc3c(CCC#CCN(C(=O)c4ccccc4)c4ncnc5c4ncn5C4O[C@H](CO)[C@@H](O[Si](C)(C)C(C)(C)C)[C@H]4F)ncnc32)[C@H](F)[C@@H]1OP=O.CC(C)(C)[Si](C)(C)OC[C@H]1O[C@@H]2[C@H](F)[C@@H]1OP(O)(=S)OC[C@H]1OC([C@H](F)[C@@H]1O[Si](C)(C)C(C)(C)C)n1cnc3c(ncnc31)N(C(=O)c1ccccc1)CC#CCCc1ncnc3c1ncn32.O.S. The summed E-state index contributed by atoms with van der Waals surface area (Å²) in [6.07, 6.45) is -8.83. The van der Waals surface area contributed by atoms with Gasteiger partial charge in [-0.2, -0.15) is 13.5 Å². The number of aryl methyl sites for hydroxylation is 2. The number of aromatic nitrogens is 16. The fourth-order valence-electron chi connectivity index (χ4n) is 15.0. The average molecular weight is 2020 g/mol. The molecule has 4 fully saturated rings. The van der Waals surface area contributed by atoms with Crippen LogP contribution in [-0.2, 0) is 79.4 Å². The van der Waals surface area contributed by atoms with Crippen molar-refractivity contribution >= 4 is 142 Å². The van der Waals surface area contributed by atoms with Crippen molar-refractivity contribution in [1.29, 1.82) is 0 Å². The maximum Gasteiger partial charge on any atom is 0.327 e. The van der Waals surface area contributed by atoms with E-state index < -0.39 is 172 Å². The second kappa shape index (κ2) is 42.1. The third kappa shape index (κ3) is 22.3. The van der Waals surface area contributed by atoms with Crippen molar-refractivity contribution in [2.45, 2.75) is 280 Å². The number of halogens is 4. The summed E-state index contributed by atoms with van der Waals surface area (Å²) in [5.41, 5.74) is 4.18. The van der Waals surface area contributed by atoms with E-state index in [-0.39, 0.29) is 99.4 Å². The number of alkyl halides is 4. The number of benzene rings is 2. The van der Waals surface area contributed by atoms with E-state index in [1.807, 2.05) is 47.0 Å². The zero-order chi connectivity index (χ0) is 96.0. The Labute approximate surface area is 799 Å². The van der Waals surface area contributed by atoms with Gasteiger partial charge in [-0.05, 0) is 109 Å². The van der Waals surface area contributed by atoms with E-state index in [0.29, 0.717) is 70.5 Å². The molecular weight excluding hydrogens is 1900 g/mol. The summed E-state index contributed by atoms with van der Waals surface area (Å²) in [6.45, 7) is 35.6. The van der Waals surface area contributed by atoms with Gasteiger partial charge in [-0.15, -0.1) is 11.8 Å². The van der Waals surface area contributed by atoms with Crippen LogP contribution in [0.3, 0.4) is 0 Å². The number of rotatable bonds is 21. The minimum absolute atomic E-state index is 0. The molecule has 10 aromatic rings. The molecule has 3 unspecified atom stereocenters. The van der Waals surface area contributed by atoms with Crippen molar-refractivity contribution in [2.24, 2.45) is 0 Å². The fourth-order valence-corrected chi connectivity index (χ4v) is 21.4. The Morgan fingerprint density at radius 2 is 1.03 bits per heavy atom. The molecule has 0 saturated carbocycles. The van der Waals surface area contributed by atoms with Gasteiger partial charge < -0.3 is 56.7 Å². The first-order valence-corrected chi connectivity index (χ1v) is 59.0. The molecule has 35 nitrogen and oxygen atoms in total.